The summed E-state index contributed by atoms with van der Waals surface area (Å²) in [5, 5.41) is 27.3. The van der Waals surface area contributed by atoms with Crippen LogP contribution in [0.4, 0.5) is 17.6 Å². The Morgan fingerprint density at radius 1 is 1.12 bits per heavy atom. The molecule has 3 fully saturated rings. The smallest absolute Gasteiger partial charge is 0.245 e. The van der Waals surface area contributed by atoms with E-state index in [-0.39, 0.29) is 6.10 Å². The third-order valence-corrected chi connectivity index (χ3v) is 6.63. The van der Waals surface area contributed by atoms with Gasteiger partial charge in [-0.05, 0) is 63.5 Å². The van der Waals surface area contributed by atoms with E-state index in [1.54, 1.807) is 0 Å². The summed E-state index contributed by atoms with van der Waals surface area (Å²) in [6.07, 6.45) is 11.0. The van der Waals surface area contributed by atoms with Crippen LogP contribution in [0.15, 0.2) is 24.4 Å². The lowest BCUT2D eigenvalue weighted by molar-refractivity contribution is -0.110. The van der Waals surface area contributed by atoms with Crippen molar-refractivity contribution in [2.24, 2.45) is 0 Å². The molecule has 0 unspecified atom stereocenters. The molecule has 0 radical (unpaired) electrons. The number of nitrogens with one attached hydrogen (secondary N) is 3. The van der Waals surface area contributed by atoms with Gasteiger partial charge in [0.15, 0.2) is 11.6 Å². The zero-order valence-corrected chi connectivity index (χ0v) is 18.8. The Hall–Kier alpha value is -3.14. The molecule has 3 aromatic rings. The average Bonchev–Trinajstić information content (AvgIpc) is 3.23. The summed E-state index contributed by atoms with van der Waals surface area (Å²) in [4.78, 5) is 17.0. The number of aliphatic hydroxyl groups is 1. The van der Waals surface area contributed by atoms with Gasteiger partial charge in [-0.25, -0.2) is 4.52 Å². The van der Waals surface area contributed by atoms with Crippen molar-refractivity contribution in [3.05, 3.63) is 30.1 Å². The second-order valence-electron chi connectivity index (χ2n) is 9.19. The van der Waals surface area contributed by atoms with E-state index >= 15 is 0 Å². The zero-order chi connectivity index (χ0) is 22.6. The fraction of sp³-hybridized carbons (Fsp3) is 0.565. The second kappa shape index (κ2) is 9.78. The van der Waals surface area contributed by atoms with Crippen molar-refractivity contribution >= 4 is 29.5 Å². The maximum Gasteiger partial charge on any atom is 0.245 e. The molecule has 10 heteroatoms. The van der Waals surface area contributed by atoms with Crippen molar-refractivity contribution in [3.8, 4) is 0 Å². The summed E-state index contributed by atoms with van der Waals surface area (Å²) in [5.74, 6) is 3.07. The standard InChI is InChI=1S/C16H19N7.C7H13NO2/c1-2-8-22(7-1)16-18-15(13-4-3-9-23(13)21-16)17-14-10-12(19-20-14)11-5-6-11;9-5-8-6-1-3-7(10)4-2-6/h3-4,9-11H,1-2,5-8H2,(H2,17,18,19,20,21);5-7,10H,1-4H2,(H,8,9). The summed E-state index contributed by atoms with van der Waals surface area (Å²) in [7, 11) is 0. The molecule has 0 aromatic carbocycles. The first-order valence-corrected chi connectivity index (χ1v) is 12.0. The zero-order valence-electron chi connectivity index (χ0n) is 18.8. The summed E-state index contributed by atoms with van der Waals surface area (Å²) in [6, 6.07) is 6.41. The topological polar surface area (TPSA) is 123 Å². The Labute approximate surface area is 192 Å². The lowest BCUT2D eigenvalue weighted by Gasteiger charge is -2.24. The van der Waals surface area contributed by atoms with Gasteiger partial charge < -0.3 is 20.6 Å². The Bertz CT molecular complexity index is 1060. The van der Waals surface area contributed by atoms with Gasteiger partial charge in [-0.2, -0.15) is 10.1 Å². The fourth-order valence-corrected chi connectivity index (χ4v) is 4.53. The highest BCUT2D eigenvalue weighted by Gasteiger charge is 2.26. The molecule has 4 heterocycles. The van der Waals surface area contributed by atoms with Gasteiger partial charge in [0.05, 0.1) is 6.10 Å². The largest absolute Gasteiger partial charge is 0.393 e. The number of hydrogen-bond donors (Lipinski definition) is 4. The number of nitrogens with zero attached hydrogens (tertiary/aromatic N) is 5. The molecule has 2 saturated carbocycles. The predicted molar refractivity (Wildman–Crippen MR) is 126 cm³/mol. The van der Waals surface area contributed by atoms with Gasteiger partial charge in [-0.1, -0.05) is 0 Å². The van der Waals surface area contributed by atoms with Crippen LogP contribution < -0.4 is 15.5 Å². The first-order chi connectivity index (χ1) is 16.2. The first kappa shape index (κ1) is 21.7. The van der Waals surface area contributed by atoms with E-state index in [4.69, 9.17) is 10.1 Å². The molecule has 2 aliphatic carbocycles. The number of fused-ring (bicyclic) bond motifs is 1. The number of amides is 1. The molecule has 33 heavy (non-hydrogen) atoms. The first-order valence-electron chi connectivity index (χ1n) is 12.0. The van der Waals surface area contributed by atoms with Crippen LogP contribution in [0.5, 0.6) is 0 Å². The summed E-state index contributed by atoms with van der Waals surface area (Å²) in [5.41, 5.74) is 2.18. The van der Waals surface area contributed by atoms with Crippen LogP contribution in [0.25, 0.3) is 5.52 Å². The maximum atomic E-state index is 9.98. The van der Waals surface area contributed by atoms with Crippen molar-refractivity contribution in [1.82, 2.24) is 30.1 Å². The Morgan fingerprint density at radius 2 is 1.91 bits per heavy atom. The van der Waals surface area contributed by atoms with E-state index in [0.717, 1.165) is 68.3 Å². The molecule has 0 spiro atoms. The number of anilines is 3. The van der Waals surface area contributed by atoms with Gasteiger partial charge in [-0.3, -0.25) is 9.89 Å². The van der Waals surface area contributed by atoms with Crippen LogP contribution in [0, 0.1) is 0 Å². The van der Waals surface area contributed by atoms with Gasteiger partial charge in [-0.15, -0.1) is 5.10 Å². The SMILES string of the molecule is O=CNC1CCC(O)CC1.c1cc2c(Nc3cc(C4CC4)[nH]n3)nc(N3CCCC3)nn2c1. The third kappa shape index (κ3) is 5.27. The Balaban J connectivity index is 0.000000193. The van der Waals surface area contributed by atoms with Crippen molar-refractivity contribution < 1.29 is 9.90 Å². The predicted octanol–water partition coefficient (Wildman–Crippen LogP) is 2.71. The van der Waals surface area contributed by atoms with Crippen molar-refractivity contribution in [2.75, 3.05) is 23.3 Å². The van der Waals surface area contributed by atoms with Gasteiger partial charge in [0, 0.05) is 43.0 Å². The van der Waals surface area contributed by atoms with Crippen LogP contribution in [-0.4, -0.2) is 61.5 Å². The molecule has 6 rings (SSSR count). The monoisotopic (exact) mass is 452 g/mol. The molecule has 0 atom stereocenters. The molecular weight excluding hydrogens is 420 g/mol. The van der Waals surface area contributed by atoms with Crippen LogP contribution in [0.2, 0.25) is 0 Å². The van der Waals surface area contributed by atoms with E-state index in [1.165, 1.54) is 31.4 Å². The second-order valence-corrected chi connectivity index (χ2v) is 9.19. The highest BCUT2D eigenvalue weighted by Crippen LogP contribution is 2.39. The van der Waals surface area contributed by atoms with Crippen molar-refractivity contribution in [3.63, 3.8) is 0 Å². The molecule has 3 aromatic heterocycles. The number of aromatic nitrogens is 5. The number of hydrogen-bond acceptors (Lipinski definition) is 7. The number of rotatable bonds is 6. The number of carbonyl (C=O) groups is 1. The molecule has 1 aliphatic heterocycles. The number of aliphatic hydroxyl groups excluding tert-OH is 1. The van der Waals surface area contributed by atoms with Crippen LogP contribution in [0.3, 0.4) is 0 Å². The molecule has 4 N–H and O–H groups in total. The lowest BCUT2D eigenvalue weighted by atomic mass is 9.93. The van der Waals surface area contributed by atoms with E-state index in [2.05, 4.69) is 36.9 Å². The number of carbonyl (C=O) groups excluding carboxylic acids is 1. The summed E-state index contributed by atoms with van der Waals surface area (Å²) < 4.78 is 1.89. The van der Waals surface area contributed by atoms with E-state index in [0.29, 0.717) is 12.0 Å². The van der Waals surface area contributed by atoms with Crippen LogP contribution in [-0.2, 0) is 4.79 Å². The summed E-state index contributed by atoms with van der Waals surface area (Å²) in [6.45, 7) is 2.06. The quantitative estimate of drug-likeness (QED) is 0.424. The normalized spacial score (nSPS) is 22.6. The number of aromatic amines is 1. The minimum absolute atomic E-state index is 0.135. The Morgan fingerprint density at radius 3 is 2.64 bits per heavy atom. The molecule has 176 valence electrons. The molecule has 3 aliphatic rings. The van der Waals surface area contributed by atoms with Crippen molar-refractivity contribution in [2.45, 2.75) is 69.4 Å². The van der Waals surface area contributed by atoms with Gasteiger partial charge in [0.25, 0.3) is 0 Å². The van der Waals surface area contributed by atoms with Gasteiger partial charge in [0.2, 0.25) is 12.4 Å². The number of H-pyrrole nitrogens is 1. The molecule has 1 saturated heterocycles. The molecule has 10 nitrogen and oxygen atoms in total. The summed E-state index contributed by atoms with van der Waals surface area (Å²) >= 11 is 0. The minimum Gasteiger partial charge on any atom is -0.393 e. The van der Waals surface area contributed by atoms with E-state index < -0.39 is 0 Å². The minimum atomic E-state index is -0.135. The third-order valence-electron chi connectivity index (χ3n) is 6.63. The maximum absolute atomic E-state index is 9.98. The molecule has 1 amide bonds. The molecule has 0 bridgehead atoms. The fourth-order valence-electron chi connectivity index (χ4n) is 4.53. The van der Waals surface area contributed by atoms with Crippen LogP contribution in [0.1, 0.15) is 63.0 Å². The van der Waals surface area contributed by atoms with Gasteiger partial charge in [0.1, 0.15) is 5.52 Å². The highest BCUT2D eigenvalue weighted by molar-refractivity contribution is 5.73. The molecular formula is C23H32N8O2. The average molecular weight is 453 g/mol. The van der Waals surface area contributed by atoms with Crippen molar-refractivity contribution in [1.29, 1.82) is 0 Å². The van der Waals surface area contributed by atoms with Gasteiger partial charge >= 0.3 is 0 Å². The van der Waals surface area contributed by atoms with E-state index in [1.807, 2.05) is 22.8 Å². The van der Waals surface area contributed by atoms with Crippen LogP contribution >= 0.6 is 0 Å². The highest BCUT2D eigenvalue weighted by atomic mass is 16.3. The Kier molecular flexibility index (Phi) is 6.43. The van der Waals surface area contributed by atoms with E-state index in [9.17, 15) is 4.79 Å². The lowest BCUT2D eigenvalue weighted by Crippen LogP contribution is -2.33.